The van der Waals surface area contributed by atoms with E-state index in [1.807, 2.05) is 48.5 Å². The van der Waals surface area contributed by atoms with Crippen molar-refractivity contribution in [1.82, 2.24) is 10.3 Å². The van der Waals surface area contributed by atoms with Crippen molar-refractivity contribution in [3.8, 4) is 11.1 Å². The van der Waals surface area contributed by atoms with E-state index in [4.69, 9.17) is 4.74 Å². The average Bonchev–Trinajstić information content (AvgIpc) is 3.16. The lowest BCUT2D eigenvalue weighted by molar-refractivity contribution is -0.145. The molecule has 2 amide bonds. The number of amides is 2. The van der Waals surface area contributed by atoms with E-state index in [1.54, 1.807) is 0 Å². The highest BCUT2D eigenvalue weighted by molar-refractivity contribution is 5.97. The van der Waals surface area contributed by atoms with Gasteiger partial charge in [0.1, 0.15) is 18.1 Å². The highest BCUT2D eigenvalue weighted by Crippen LogP contribution is 2.44. The summed E-state index contributed by atoms with van der Waals surface area (Å²) in [6, 6.07) is 20.3. The van der Waals surface area contributed by atoms with Crippen molar-refractivity contribution >= 4 is 23.8 Å². The van der Waals surface area contributed by atoms with Crippen molar-refractivity contribution < 1.29 is 29.3 Å². The van der Waals surface area contributed by atoms with E-state index in [-0.39, 0.29) is 24.0 Å². The van der Waals surface area contributed by atoms with Gasteiger partial charge in [0.05, 0.1) is 6.61 Å². The van der Waals surface area contributed by atoms with E-state index in [0.717, 1.165) is 22.3 Å². The smallest absolute Gasteiger partial charge is 0.412 e. The van der Waals surface area contributed by atoms with Crippen molar-refractivity contribution in [3.05, 3.63) is 83.6 Å². The van der Waals surface area contributed by atoms with E-state index in [0.29, 0.717) is 0 Å². The number of carboxylic acid groups (broad SMARTS) is 1. The summed E-state index contributed by atoms with van der Waals surface area (Å²) in [6.07, 6.45) is -0.738. The molecule has 3 aromatic rings. The third-order valence-electron chi connectivity index (χ3n) is 5.73. The van der Waals surface area contributed by atoms with E-state index >= 15 is 0 Å². The number of aliphatic hydroxyl groups is 1. The van der Waals surface area contributed by atoms with Crippen LogP contribution in [0.3, 0.4) is 0 Å². The van der Waals surface area contributed by atoms with Crippen LogP contribution in [0.15, 0.2) is 66.7 Å². The Morgan fingerprint density at radius 1 is 0.971 bits per heavy atom. The summed E-state index contributed by atoms with van der Waals surface area (Å²) in [5, 5.41) is 23.2. The number of rotatable bonds is 7. The zero-order valence-corrected chi connectivity index (χ0v) is 18.3. The predicted octanol–water partition coefficient (Wildman–Crippen LogP) is 3.01. The maximum Gasteiger partial charge on any atom is 0.412 e. The normalized spacial score (nSPS) is 13.8. The molecule has 34 heavy (non-hydrogen) atoms. The first-order chi connectivity index (χ1) is 16.3. The van der Waals surface area contributed by atoms with Gasteiger partial charge in [-0.15, -0.1) is 0 Å². The van der Waals surface area contributed by atoms with Gasteiger partial charge in [-0.3, -0.25) is 10.1 Å². The number of nitrogens with one attached hydrogen (secondary N) is 2. The van der Waals surface area contributed by atoms with Crippen LogP contribution in [0.5, 0.6) is 0 Å². The molecule has 0 aliphatic heterocycles. The molecule has 0 spiro atoms. The molecule has 0 radical (unpaired) electrons. The number of carbonyl (C=O) groups is 3. The lowest BCUT2D eigenvalue weighted by atomic mass is 9.98. The van der Waals surface area contributed by atoms with Gasteiger partial charge in [-0.2, -0.15) is 0 Å². The fourth-order valence-electron chi connectivity index (χ4n) is 3.85. The zero-order valence-electron chi connectivity index (χ0n) is 18.3. The van der Waals surface area contributed by atoms with Crippen LogP contribution in [0.25, 0.3) is 11.1 Å². The molecule has 1 aliphatic rings. The van der Waals surface area contributed by atoms with Gasteiger partial charge in [-0.25, -0.2) is 14.6 Å². The second-order valence-corrected chi connectivity index (χ2v) is 8.11. The van der Waals surface area contributed by atoms with Gasteiger partial charge in [0.25, 0.3) is 5.91 Å². The minimum Gasteiger partial charge on any atom is -0.479 e. The maximum atomic E-state index is 12.5. The van der Waals surface area contributed by atoms with Gasteiger partial charge in [0, 0.05) is 5.92 Å². The highest BCUT2D eigenvalue weighted by Gasteiger charge is 2.35. The van der Waals surface area contributed by atoms with Crippen molar-refractivity contribution in [2.45, 2.75) is 18.4 Å². The lowest BCUT2D eigenvalue weighted by Gasteiger charge is -2.23. The number of nitrogens with zero attached hydrogens (tertiary/aromatic N) is 1. The van der Waals surface area contributed by atoms with E-state index < -0.39 is 30.1 Å². The first-order valence-corrected chi connectivity index (χ1v) is 10.6. The molecule has 2 aromatic carbocycles. The monoisotopic (exact) mass is 461 g/mol. The lowest BCUT2D eigenvalue weighted by Crippen LogP contribution is -2.55. The van der Waals surface area contributed by atoms with Crippen molar-refractivity contribution in [2.24, 2.45) is 0 Å². The zero-order chi connectivity index (χ0) is 24.3. The molecule has 1 unspecified atom stereocenters. The number of hydrogen-bond acceptors (Lipinski definition) is 6. The number of carboxylic acids is 1. The fourth-order valence-corrected chi connectivity index (χ4v) is 3.85. The van der Waals surface area contributed by atoms with Crippen LogP contribution < -0.4 is 10.6 Å². The van der Waals surface area contributed by atoms with Crippen LogP contribution in [0.1, 0.15) is 34.5 Å². The number of ether oxygens (including phenoxy) is 1. The Morgan fingerprint density at radius 3 is 2.18 bits per heavy atom. The van der Waals surface area contributed by atoms with Crippen LogP contribution in [0.2, 0.25) is 0 Å². The second kappa shape index (κ2) is 9.32. The average molecular weight is 461 g/mol. The van der Waals surface area contributed by atoms with Crippen LogP contribution in [-0.2, 0) is 9.53 Å². The molecule has 0 fully saturated rings. The van der Waals surface area contributed by atoms with Crippen LogP contribution in [-0.4, -0.2) is 51.9 Å². The van der Waals surface area contributed by atoms with E-state index in [1.165, 1.54) is 25.1 Å². The number of anilines is 1. The Bertz CT molecular complexity index is 1220. The Kier molecular flexibility index (Phi) is 6.29. The van der Waals surface area contributed by atoms with Crippen molar-refractivity contribution in [1.29, 1.82) is 0 Å². The molecular formula is C25H23N3O6. The number of carbonyl (C=O) groups excluding carboxylic acids is 2. The summed E-state index contributed by atoms with van der Waals surface area (Å²) in [4.78, 5) is 40.2. The van der Waals surface area contributed by atoms with Gasteiger partial charge in [0.2, 0.25) is 0 Å². The summed E-state index contributed by atoms with van der Waals surface area (Å²) in [7, 11) is 0. The first kappa shape index (κ1) is 22.9. The van der Waals surface area contributed by atoms with Gasteiger partial charge in [0.15, 0.2) is 5.54 Å². The molecule has 1 aliphatic carbocycles. The number of pyridine rings is 1. The van der Waals surface area contributed by atoms with Gasteiger partial charge >= 0.3 is 12.1 Å². The molecule has 9 heteroatoms. The number of benzene rings is 2. The van der Waals surface area contributed by atoms with E-state index in [2.05, 4.69) is 15.6 Å². The summed E-state index contributed by atoms with van der Waals surface area (Å²) in [5.41, 5.74) is 2.40. The molecule has 4 N–H and O–H groups in total. The summed E-state index contributed by atoms with van der Waals surface area (Å²) < 4.78 is 5.47. The summed E-state index contributed by atoms with van der Waals surface area (Å²) >= 11 is 0. The van der Waals surface area contributed by atoms with Crippen molar-refractivity contribution in [2.75, 3.05) is 18.5 Å². The Labute approximate surface area is 195 Å². The molecule has 0 saturated heterocycles. The van der Waals surface area contributed by atoms with Crippen LogP contribution >= 0.6 is 0 Å². The summed E-state index contributed by atoms with van der Waals surface area (Å²) in [5.74, 6) is -2.24. The third-order valence-corrected chi connectivity index (χ3v) is 5.73. The first-order valence-electron chi connectivity index (χ1n) is 10.6. The Morgan fingerprint density at radius 2 is 1.59 bits per heavy atom. The SMILES string of the molecule is CC(CO)(NC(=O)c1cccc(NC(=O)OCC2c3ccccc3-c3ccccc32)n1)C(=O)O. The second-order valence-electron chi connectivity index (χ2n) is 8.11. The fraction of sp³-hybridized carbons (Fsp3) is 0.200. The van der Waals surface area contributed by atoms with E-state index in [9.17, 15) is 24.6 Å². The predicted molar refractivity (Wildman–Crippen MR) is 124 cm³/mol. The van der Waals surface area contributed by atoms with Gasteiger partial charge in [-0.1, -0.05) is 54.6 Å². The minimum absolute atomic E-state index is 0.0610. The van der Waals surface area contributed by atoms with Gasteiger partial charge < -0.3 is 20.3 Å². The molecule has 1 atom stereocenters. The summed E-state index contributed by atoms with van der Waals surface area (Å²) in [6.45, 7) is 0.491. The molecule has 1 aromatic heterocycles. The standard InChI is InChI=1S/C25H23N3O6/c1-25(14-29,23(31)32)28-22(30)20-11-6-12-21(26-20)27-24(33)34-13-19-17-9-4-2-7-15(17)16-8-3-5-10-18(16)19/h2-12,19,29H,13-14H2,1H3,(H,28,30)(H,31,32)(H,26,27,33). The molecular weight excluding hydrogens is 438 g/mol. The quantitative estimate of drug-likeness (QED) is 0.424. The number of aromatic nitrogens is 1. The number of fused-ring (bicyclic) bond motifs is 3. The highest BCUT2D eigenvalue weighted by atomic mass is 16.5. The molecule has 0 bridgehead atoms. The number of aliphatic carboxylic acids is 1. The van der Waals surface area contributed by atoms with Crippen molar-refractivity contribution in [3.63, 3.8) is 0 Å². The largest absolute Gasteiger partial charge is 0.479 e. The Balaban J connectivity index is 1.42. The Hall–Kier alpha value is -4.24. The third kappa shape index (κ3) is 4.46. The molecule has 4 rings (SSSR count). The molecule has 1 heterocycles. The number of aliphatic hydroxyl groups excluding tert-OH is 1. The van der Waals surface area contributed by atoms with Crippen LogP contribution in [0.4, 0.5) is 10.6 Å². The van der Waals surface area contributed by atoms with Crippen LogP contribution in [0, 0.1) is 0 Å². The topological polar surface area (TPSA) is 138 Å². The molecule has 174 valence electrons. The maximum absolute atomic E-state index is 12.5. The van der Waals surface area contributed by atoms with Gasteiger partial charge in [-0.05, 0) is 41.3 Å². The molecule has 9 nitrogen and oxygen atoms in total. The number of hydrogen-bond donors (Lipinski definition) is 4. The molecule has 0 saturated carbocycles. The minimum atomic E-state index is -1.87.